The van der Waals surface area contributed by atoms with E-state index in [1.807, 2.05) is 26.2 Å². The Morgan fingerprint density at radius 3 is 2.68 bits per heavy atom. The van der Waals surface area contributed by atoms with Gasteiger partial charge in [0, 0.05) is 18.1 Å². The molecule has 19 heavy (non-hydrogen) atoms. The van der Waals surface area contributed by atoms with Crippen LogP contribution in [0.1, 0.15) is 45.6 Å². The van der Waals surface area contributed by atoms with Crippen LogP contribution in [0.25, 0.3) is 0 Å². The van der Waals surface area contributed by atoms with Gasteiger partial charge in [0.15, 0.2) is 0 Å². The lowest BCUT2D eigenvalue weighted by molar-refractivity contribution is 0.440. The zero-order valence-corrected chi connectivity index (χ0v) is 13.3. The number of nitrogens with one attached hydrogen (secondary N) is 2. The number of rotatable bonds is 7. The van der Waals surface area contributed by atoms with Gasteiger partial charge >= 0.3 is 0 Å². The third-order valence-electron chi connectivity index (χ3n) is 3.36. The lowest BCUT2D eigenvalue weighted by Gasteiger charge is -2.23. The van der Waals surface area contributed by atoms with Crippen molar-refractivity contribution in [1.82, 2.24) is 10.0 Å². The Bertz CT molecular complexity index is 531. The fourth-order valence-corrected chi connectivity index (χ4v) is 4.32. The lowest BCUT2D eigenvalue weighted by atomic mass is 10.0. The molecular formula is C13H22N2O2S2. The first-order chi connectivity index (χ1) is 8.82. The second-order valence-electron chi connectivity index (χ2n) is 5.77. The summed E-state index contributed by atoms with van der Waals surface area (Å²) in [6.07, 6.45) is 3.23. The molecule has 1 saturated carbocycles. The fourth-order valence-electron chi connectivity index (χ4n) is 1.62. The average Bonchev–Trinajstić information content (AvgIpc) is 3.01. The predicted molar refractivity (Wildman–Crippen MR) is 78.9 cm³/mol. The SMILES string of the molecule is CCC(C)(C)NS(=O)(=O)c1cc(CNC2CC2)cs1. The minimum Gasteiger partial charge on any atom is -0.310 e. The minimum atomic E-state index is -3.39. The summed E-state index contributed by atoms with van der Waals surface area (Å²) in [7, 11) is -3.39. The number of thiophene rings is 1. The van der Waals surface area contributed by atoms with Crippen LogP contribution in [0, 0.1) is 0 Å². The molecule has 1 aromatic rings. The quantitative estimate of drug-likeness (QED) is 0.813. The molecule has 4 nitrogen and oxygen atoms in total. The first-order valence-electron chi connectivity index (χ1n) is 6.67. The van der Waals surface area contributed by atoms with Crippen LogP contribution in [0.4, 0.5) is 0 Å². The van der Waals surface area contributed by atoms with Crippen LogP contribution in [0.15, 0.2) is 15.7 Å². The molecule has 2 N–H and O–H groups in total. The highest BCUT2D eigenvalue weighted by atomic mass is 32.2. The number of hydrogen-bond donors (Lipinski definition) is 2. The molecule has 2 rings (SSSR count). The molecule has 0 unspecified atom stereocenters. The largest absolute Gasteiger partial charge is 0.310 e. The highest BCUT2D eigenvalue weighted by Crippen LogP contribution is 2.24. The molecule has 1 fully saturated rings. The van der Waals surface area contributed by atoms with Gasteiger partial charge < -0.3 is 5.32 Å². The first kappa shape index (κ1) is 15.0. The summed E-state index contributed by atoms with van der Waals surface area (Å²) in [6.45, 7) is 6.53. The summed E-state index contributed by atoms with van der Waals surface area (Å²) in [6, 6.07) is 2.41. The Balaban J connectivity index is 2.03. The molecule has 1 aliphatic carbocycles. The molecule has 0 saturated heterocycles. The standard InChI is InChI=1S/C13H22N2O2S2/c1-4-13(2,3)15-19(16,17)12-7-10(9-18-12)8-14-11-5-6-11/h7,9,11,14-15H,4-6,8H2,1-3H3. The monoisotopic (exact) mass is 302 g/mol. The molecular weight excluding hydrogens is 280 g/mol. The molecule has 0 spiro atoms. The van der Waals surface area contributed by atoms with Gasteiger partial charge in [0.2, 0.25) is 0 Å². The van der Waals surface area contributed by atoms with E-state index < -0.39 is 15.6 Å². The van der Waals surface area contributed by atoms with Crippen LogP contribution in [-0.2, 0) is 16.6 Å². The van der Waals surface area contributed by atoms with E-state index in [0.29, 0.717) is 10.3 Å². The van der Waals surface area contributed by atoms with Crippen molar-refractivity contribution in [1.29, 1.82) is 0 Å². The smallest absolute Gasteiger partial charge is 0.250 e. The third-order valence-corrected chi connectivity index (χ3v) is 6.55. The molecule has 0 atom stereocenters. The molecule has 0 amide bonds. The molecule has 0 radical (unpaired) electrons. The molecule has 0 aromatic carbocycles. The van der Waals surface area contributed by atoms with Crippen LogP contribution >= 0.6 is 11.3 Å². The Hall–Kier alpha value is -0.430. The highest BCUT2D eigenvalue weighted by Gasteiger charge is 2.26. The van der Waals surface area contributed by atoms with Crippen LogP contribution in [-0.4, -0.2) is 20.0 Å². The van der Waals surface area contributed by atoms with E-state index >= 15 is 0 Å². The van der Waals surface area contributed by atoms with Gasteiger partial charge in [-0.15, -0.1) is 11.3 Å². The average molecular weight is 302 g/mol. The van der Waals surface area contributed by atoms with Gasteiger partial charge in [-0.25, -0.2) is 13.1 Å². The van der Waals surface area contributed by atoms with E-state index in [1.165, 1.54) is 24.2 Å². The van der Waals surface area contributed by atoms with Gasteiger partial charge in [-0.3, -0.25) is 0 Å². The lowest BCUT2D eigenvalue weighted by Crippen LogP contribution is -2.42. The van der Waals surface area contributed by atoms with Gasteiger partial charge in [-0.05, 0) is 50.1 Å². The maximum Gasteiger partial charge on any atom is 0.250 e. The van der Waals surface area contributed by atoms with Crippen molar-refractivity contribution in [3.05, 3.63) is 17.0 Å². The number of hydrogen-bond acceptors (Lipinski definition) is 4. The molecule has 1 aromatic heterocycles. The Morgan fingerprint density at radius 1 is 1.42 bits per heavy atom. The summed E-state index contributed by atoms with van der Waals surface area (Å²) in [4.78, 5) is 0. The van der Waals surface area contributed by atoms with E-state index in [-0.39, 0.29) is 0 Å². The molecule has 6 heteroatoms. The summed E-state index contributed by atoms with van der Waals surface area (Å²) >= 11 is 1.29. The predicted octanol–water partition coefficient (Wildman–Crippen LogP) is 2.47. The second kappa shape index (κ2) is 5.52. The normalized spacial score (nSPS) is 16.8. The van der Waals surface area contributed by atoms with E-state index in [9.17, 15) is 8.42 Å². The van der Waals surface area contributed by atoms with Crippen molar-refractivity contribution < 1.29 is 8.42 Å². The summed E-state index contributed by atoms with van der Waals surface area (Å²) < 4.78 is 27.7. The molecule has 1 heterocycles. The van der Waals surface area contributed by atoms with Gasteiger partial charge in [-0.2, -0.15) is 0 Å². The Morgan fingerprint density at radius 2 is 2.11 bits per heavy atom. The van der Waals surface area contributed by atoms with Crippen LogP contribution < -0.4 is 10.0 Å². The van der Waals surface area contributed by atoms with Crippen molar-refractivity contribution in [2.75, 3.05) is 0 Å². The topological polar surface area (TPSA) is 58.2 Å². The highest BCUT2D eigenvalue weighted by molar-refractivity contribution is 7.91. The molecule has 1 aliphatic rings. The van der Waals surface area contributed by atoms with Crippen LogP contribution in [0.3, 0.4) is 0 Å². The van der Waals surface area contributed by atoms with E-state index in [1.54, 1.807) is 6.07 Å². The van der Waals surface area contributed by atoms with Crippen molar-refractivity contribution in [3.63, 3.8) is 0 Å². The van der Waals surface area contributed by atoms with Crippen molar-refractivity contribution in [2.24, 2.45) is 0 Å². The van der Waals surface area contributed by atoms with Gasteiger partial charge in [0.25, 0.3) is 10.0 Å². The van der Waals surface area contributed by atoms with E-state index in [0.717, 1.165) is 18.5 Å². The molecule has 0 bridgehead atoms. The third kappa shape index (κ3) is 4.27. The molecule has 0 aliphatic heterocycles. The minimum absolute atomic E-state index is 0.404. The maximum atomic E-state index is 12.2. The van der Waals surface area contributed by atoms with Crippen molar-refractivity contribution >= 4 is 21.4 Å². The molecule has 108 valence electrons. The van der Waals surface area contributed by atoms with Crippen LogP contribution in [0.2, 0.25) is 0 Å². The van der Waals surface area contributed by atoms with E-state index in [4.69, 9.17) is 0 Å². The van der Waals surface area contributed by atoms with Crippen molar-refractivity contribution in [2.45, 2.75) is 62.4 Å². The zero-order valence-electron chi connectivity index (χ0n) is 11.7. The fraction of sp³-hybridized carbons (Fsp3) is 0.692. The van der Waals surface area contributed by atoms with Gasteiger partial charge in [0.05, 0.1) is 0 Å². The summed E-state index contributed by atoms with van der Waals surface area (Å²) in [5.74, 6) is 0. The maximum absolute atomic E-state index is 12.2. The second-order valence-corrected chi connectivity index (χ2v) is 8.59. The summed E-state index contributed by atoms with van der Waals surface area (Å²) in [5, 5.41) is 5.31. The summed E-state index contributed by atoms with van der Waals surface area (Å²) in [5.41, 5.74) is 0.640. The van der Waals surface area contributed by atoms with Gasteiger partial charge in [-0.1, -0.05) is 6.92 Å². The Labute approximate surface area is 119 Å². The Kier molecular flexibility index (Phi) is 4.35. The zero-order chi connectivity index (χ0) is 14.1. The van der Waals surface area contributed by atoms with Crippen LogP contribution in [0.5, 0.6) is 0 Å². The first-order valence-corrected chi connectivity index (χ1v) is 9.03. The number of sulfonamides is 1. The van der Waals surface area contributed by atoms with Crippen molar-refractivity contribution in [3.8, 4) is 0 Å². The van der Waals surface area contributed by atoms with E-state index in [2.05, 4.69) is 10.0 Å². The van der Waals surface area contributed by atoms with Gasteiger partial charge in [0.1, 0.15) is 4.21 Å².